The number of fused-ring (bicyclic) bond motifs is 1. The monoisotopic (exact) mass is 288 g/mol. The minimum Gasteiger partial charge on any atom is -0.489 e. The van der Waals surface area contributed by atoms with Crippen molar-refractivity contribution in [2.45, 2.75) is 18.9 Å². The first kappa shape index (κ1) is 13.5. The van der Waals surface area contributed by atoms with Crippen molar-refractivity contribution in [1.29, 1.82) is 0 Å². The first-order valence-electron chi connectivity index (χ1n) is 6.89. The van der Waals surface area contributed by atoms with Crippen LogP contribution in [0.4, 0.5) is 10.5 Å². The molecule has 0 unspecified atom stereocenters. The molecule has 1 heterocycles. The Labute approximate surface area is 122 Å². The van der Waals surface area contributed by atoms with Crippen LogP contribution in [0.2, 0.25) is 0 Å². The molecule has 1 aliphatic carbocycles. The predicted molar refractivity (Wildman–Crippen MR) is 76.9 cm³/mol. The van der Waals surface area contributed by atoms with Gasteiger partial charge in [0.15, 0.2) is 5.75 Å². The van der Waals surface area contributed by atoms with Gasteiger partial charge >= 0.3 is 12.0 Å². The van der Waals surface area contributed by atoms with E-state index in [4.69, 9.17) is 4.74 Å². The first-order valence-corrected chi connectivity index (χ1v) is 6.89. The number of benzene rings is 1. The van der Waals surface area contributed by atoms with Crippen molar-refractivity contribution in [3.8, 4) is 5.75 Å². The van der Waals surface area contributed by atoms with E-state index < -0.39 is 5.97 Å². The number of para-hydroxylation sites is 1. The number of carboxylic acid groups (broad SMARTS) is 1. The highest BCUT2D eigenvalue weighted by Crippen LogP contribution is 2.35. The number of anilines is 1. The lowest BCUT2D eigenvalue weighted by Gasteiger charge is -2.31. The number of hydrogen-bond acceptors (Lipinski definition) is 3. The third kappa shape index (κ3) is 2.56. The largest absolute Gasteiger partial charge is 0.489 e. The van der Waals surface area contributed by atoms with E-state index in [2.05, 4.69) is 5.32 Å². The fraction of sp³-hybridized carbons (Fsp3) is 0.333. The summed E-state index contributed by atoms with van der Waals surface area (Å²) in [5.41, 5.74) is 0.581. The molecule has 6 heteroatoms. The van der Waals surface area contributed by atoms with Crippen LogP contribution in [0.25, 0.3) is 0 Å². The number of rotatable bonds is 2. The van der Waals surface area contributed by atoms with E-state index in [0.717, 1.165) is 12.8 Å². The maximum atomic E-state index is 12.4. The number of hydrogen-bond donors (Lipinski definition) is 2. The van der Waals surface area contributed by atoms with E-state index in [1.807, 2.05) is 12.2 Å². The molecule has 6 nitrogen and oxygen atoms in total. The second-order valence-electron chi connectivity index (χ2n) is 5.05. The Morgan fingerprint density at radius 1 is 1.29 bits per heavy atom. The van der Waals surface area contributed by atoms with Crippen LogP contribution in [0, 0.1) is 0 Å². The second-order valence-corrected chi connectivity index (χ2v) is 5.05. The van der Waals surface area contributed by atoms with Crippen LogP contribution in [0.1, 0.15) is 23.2 Å². The summed E-state index contributed by atoms with van der Waals surface area (Å²) in [4.78, 5) is 25.1. The number of carbonyl (C=O) groups is 2. The van der Waals surface area contributed by atoms with E-state index in [-0.39, 0.29) is 30.0 Å². The van der Waals surface area contributed by atoms with Crippen molar-refractivity contribution in [2.24, 2.45) is 0 Å². The molecule has 2 amide bonds. The fourth-order valence-corrected chi connectivity index (χ4v) is 2.62. The van der Waals surface area contributed by atoms with E-state index >= 15 is 0 Å². The molecule has 0 saturated carbocycles. The number of aromatic carboxylic acids is 1. The van der Waals surface area contributed by atoms with Crippen LogP contribution in [0.5, 0.6) is 5.75 Å². The summed E-state index contributed by atoms with van der Waals surface area (Å²) in [6.45, 7) is 0.690. The Bertz CT molecular complexity index is 604. The zero-order valence-electron chi connectivity index (χ0n) is 11.4. The van der Waals surface area contributed by atoms with Crippen LogP contribution in [-0.4, -0.2) is 36.3 Å². The Balaban J connectivity index is 1.84. The molecule has 2 aliphatic rings. The molecule has 0 radical (unpaired) electrons. The van der Waals surface area contributed by atoms with Gasteiger partial charge in [-0.1, -0.05) is 18.2 Å². The zero-order valence-corrected chi connectivity index (χ0v) is 11.4. The topological polar surface area (TPSA) is 78.9 Å². The molecule has 1 aliphatic heterocycles. The van der Waals surface area contributed by atoms with Gasteiger partial charge in [0.2, 0.25) is 0 Å². The van der Waals surface area contributed by atoms with Crippen LogP contribution < -0.4 is 15.0 Å². The van der Waals surface area contributed by atoms with Crippen LogP contribution in [0.15, 0.2) is 30.4 Å². The molecule has 0 atom stereocenters. The van der Waals surface area contributed by atoms with Gasteiger partial charge < -0.3 is 15.2 Å². The van der Waals surface area contributed by atoms with Gasteiger partial charge in [-0.2, -0.15) is 0 Å². The molecule has 0 fully saturated rings. The molecular weight excluding hydrogens is 272 g/mol. The zero-order chi connectivity index (χ0) is 14.8. The molecule has 110 valence electrons. The summed E-state index contributed by atoms with van der Waals surface area (Å²) in [5, 5.41) is 12.1. The highest BCUT2D eigenvalue weighted by atomic mass is 16.5. The molecule has 0 saturated heterocycles. The Hall–Kier alpha value is -2.50. The Morgan fingerprint density at radius 2 is 2.05 bits per heavy atom. The average molecular weight is 288 g/mol. The quantitative estimate of drug-likeness (QED) is 0.816. The molecule has 0 aromatic heterocycles. The van der Waals surface area contributed by atoms with Crippen LogP contribution in [-0.2, 0) is 0 Å². The average Bonchev–Trinajstić information content (AvgIpc) is 2.98. The van der Waals surface area contributed by atoms with E-state index in [9.17, 15) is 14.7 Å². The van der Waals surface area contributed by atoms with Crippen molar-refractivity contribution in [3.05, 3.63) is 35.9 Å². The van der Waals surface area contributed by atoms with Crippen LogP contribution >= 0.6 is 0 Å². The summed E-state index contributed by atoms with van der Waals surface area (Å²) in [6, 6.07) is 4.70. The number of amides is 2. The Morgan fingerprint density at radius 3 is 2.76 bits per heavy atom. The number of carbonyl (C=O) groups excluding carboxylic acids is 1. The van der Waals surface area contributed by atoms with Gasteiger partial charge in [0, 0.05) is 6.04 Å². The van der Waals surface area contributed by atoms with Gasteiger partial charge in [-0.3, -0.25) is 4.90 Å². The van der Waals surface area contributed by atoms with Crippen molar-refractivity contribution >= 4 is 17.7 Å². The fourth-order valence-electron chi connectivity index (χ4n) is 2.62. The highest BCUT2D eigenvalue weighted by Gasteiger charge is 2.28. The SMILES string of the molecule is O=C(O)c1cccc2c1OCCN2C(=O)NC1CC=CC1. The molecule has 1 aromatic rings. The van der Waals surface area contributed by atoms with Gasteiger partial charge in [0.25, 0.3) is 0 Å². The predicted octanol–water partition coefficient (Wildman–Crippen LogP) is 2.01. The normalized spacial score (nSPS) is 17.2. The van der Waals surface area contributed by atoms with E-state index in [1.54, 1.807) is 17.0 Å². The van der Waals surface area contributed by atoms with Crippen molar-refractivity contribution in [3.63, 3.8) is 0 Å². The number of urea groups is 1. The second kappa shape index (κ2) is 5.47. The molecular formula is C15H16N2O4. The number of carboxylic acids is 1. The summed E-state index contributed by atoms with van der Waals surface area (Å²) in [6.07, 6.45) is 5.75. The lowest BCUT2D eigenvalue weighted by Crippen LogP contribution is -2.47. The number of nitrogens with one attached hydrogen (secondary N) is 1. The third-order valence-electron chi connectivity index (χ3n) is 3.66. The number of ether oxygens (including phenoxy) is 1. The molecule has 21 heavy (non-hydrogen) atoms. The van der Waals surface area contributed by atoms with Crippen molar-refractivity contribution < 1.29 is 19.4 Å². The highest BCUT2D eigenvalue weighted by molar-refractivity contribution is 5.99. The molecule has 1 aromatic carbocycles. The first-order chi connectivity index (χ1) is 10.2. The minimum atomic E-state index is -1.06. The maximum Gasteiger partial charge on any atom is 0.339 e. The number of nitrogens with zero attached hydrogens (tertiary/aromatic N) is 1. The van der Waals surface area contributed by atoms with Crippen molar-refractivity contribution in [2.75, 3.05) is 18.1 Å². The summed E-state index contributed by atoms with van der Waals surface area (Å²) < 4.78 is 5.45. The molecule has 3 rings (SSSR count). The smallest absolute Gasteiger partial charge is 0.339 e. The van der Waals surface area contributed by atoms with Gasteiger partial charge in [-0.05, 0) is 25.0 Å². The van der Waals surface area contributed by atoms with E-state index in [1.165, 1.54) is 6.07 Å². The van der Waals surface area contributed by atoms with E-state index in [0.29, 0.717) is 12.2 Å². The third-order valence-corrected chi connectivity index (χ3v) is 3.66. The van der Waals surface area contributed by atoms with Gasteiger partial charge in [0.05, 0.1) is 12.2 Å². The van der Waals surface area contributed by atoms with Crippen LogP contribution in [0.3, 0.4) is 0 Å². The van der Waals surface area contributed by atoms with Crippen molar-refractivity contribution in [1.82, 2.24) is 5.32 Å². The summed E-state index contributed by atoms with van der Waals surface area (Å²) in [7, 11) is 0. The Kier molecular flexibility index (Phi) is 3.51. The van der Waals surface area contributed by atoms with Gasteiger partial charge in [0.1, 0.15) is 12.2 Å². The van der Waals surface area contributed by atoms with Gasteiger partial charge in [-0.25, -0.2) is 9.59 Å². The lowest BCUT2D eigenvalue weighted by atomic mass is 10.1. The van der Waals surface area contributed by atoms with Gasteiger partial charge in [-0.15, -0.1) is 0 Å². The lowest BCUT2D eigenvalue weighted by molar-refractivity contribution is 0.0692. The maximum absolute atomic E-state index is 12.4. The summed E-state index contributed by atoms with van der Waals surface area (Å²) >= 11 is 0. The summed E-state index contributed by atoms with van der Waals surface area (Å²) in [5.74, 6) is -0.801. The molecule has 2 N–H and O–H groups in total. The molecule has 0 bridgehead atoms. The standard InChI is InChI=1S/C15H16N2O4/c18-14(19)11-6-3-7-12-13(11)21-9-8-17(12)15(20)16-10-4-1-2-5-10/h1-3,6-7,10H,4-5,8-9H2,(H,16,20)(H,18,19). The minimum absolute atomic E-state index is 0.0764. The molecule has 0 spiro atoms.